The summed E-state index contributed by atoms with van der Waals surface area (Å²) in [6, 6.07) is 0. The third-order valence-corrected chi connectivity index (χ3v) is 2.19. The van der Waals surface area contributed by atoms with Crippen LogP contribution in [0.15, 0.2) is 48.0 Å². The van der Waals surface area contributed by atoms with E-state index < -0.39 is 0 Å². The lowest BCUT2D eigenvalue weighted by Crippen LogP contribution is -2.14. The van der Waals surface area contributed by atoms with Crippen LogP contribution in [0.5, 0.6) is 0 Å². The zero-order valence-corrected chi connectivity index (χ0v) is 6.51. The van der Waals surface area contributed by atoms with Gasteiger partial charge in [-0.2, -0.15) is 0 Å². The van der Waals surface area contributed by atoms with Gasteiger partial charge >= 0.3 is 0 Å². The molecule has 0 saturated carbocycles. The van der Waals surface area contributed by atoms with Gasteiger partial charge < -0.3 is 10.2 Å². The van der Waals surface area contributed by atoms with Gasteiger partial charge in [0.2, 0.25) is 0 Å². The highest BCUT2D eigenvalue weighted by Gasteiger charge is 2.21. The van der Waals surface area contributed by atoms with Crippen LogP contribution in [-0.2, 0) is 0 Å². The molecular weight excluding hydrogens is 152 g/mol. The Balaban J connectivity index is 2.33. The number of hydrogen-bond acceptors (Lipinski definition) is 2. The number of rotatable bonds is 0. The molecule has 2 unspecified atom stereocenters. The van der Waals surface area contributed by atoms with Crippen LogP contribution in [-0.4, -0.2) is 10.2 Å². The topological polar surface area (TPSA) is 40.5 Å². The fraction of sp³-hybridized carbons (Fsp3) is 0.200. The first kappa shape index (κ1) is 7.22. The molecule has 0 aromatic rings. The molecule has 2 nitrogen and oxygen atoms in total. The van der Waals surface area contributed by atoms with Crippen molar-refractivity contribution in [1.82, 2.24) is 0 Å². The van der Waals surface area contributed by atoms with Crippen LogP contribution in [0.1, 0.15) is 0 Å². The zero-order chi connectivity index (χ0) is 8.55. The Bertz CT molecular complexity index is 276. The number of aliphatic hydroxyl groups excluding tert-OH is 2. The number of allylic oxidation sites excluding steroid dienone is 6. The van der Waals surface area contributed by atoms with E-state index in [1.807, 2.05) is 24.3 Å². The van der Waals surface area contributed by atoms with Crippen LogP contribution in [0.2, 0.25) is 0 Å². The molecule has 0 spiro atoms. The molecule has 0 radical (unpaired) electrons. The van der Waals surface area contributed by atoms with Crippen molar-refractivity contribution in [3.05, 3.63) is 48.0 Å². The summed E-state index contributed by atoms with van der Waals surface area (Å²) in [7, 11) is 0. The van der Waals surface area contributed by atoms with Crippen molar-refractivity contribution in [2.45, 2.75) is 0 Å². The number of fused-ring (bicyclic) bond motifs is 1. The minimum absolute atomic E-state index is 0.0174. The summed E-state index contributed by atoms with van der Waals surface area (Å²) in [5.41, 5.74) is 0. The second kappa shape index (κ2) is 2.55. The summed E-state index contributed by atoms with van der Waals surface area (Å²) >= 11 is 0. The molecule has 0 aliphatic heterocycles. The smallest absolute Gasteiger partial charge is 0.153 e. The molecule has 2 aliphatic rings. The highest BCUT2D eigenvalue weighted by molar-refractivity contribution is 5.33. The second-order valence-electron chi connectivity index (χ2n) is 3.03. The molecule has 2 aliphatic carbocycles. The van der Waals surface area contributed by atoms with Crippen molar-refractivity contribution in [3.63, 3.8) is 0 Å². The fourth-order valence-corrected chi connectivity index (χ4v) is 1.51. The Morgan fingerprint density at radius 1 is 0.833 bits per heavy atom. The molecule has 12 heavy (non-hydrogen) atoms. The molecular formula is C10H10O2. The molecule has 2 atom stereocenters. The van der Waals surface area contributed by atoms with Crippen LogP contribution in [0.4, 0.5) is 0 Å². The molecule has 0 aromatic carbocycles. The Hall–Kier alpha value is -1.44. The summed E-state index contributed by atoms with van der Waals surface area (Å²) in [4.78, 5) is 0. The van der Waals surface area contributed by atoms with Crippen LogP contribution < -0.4 is 0 Å². The van der Waals surface area contributed by atoms with Gasteiger partial charge in [0.05, 0.1) is 0 Å². The Morgan fingerprint density at radius 3 is 1.67 bits per heavy atom. The monoisotopic (exact) mass is 162 g/mol. The van der Waals surface area contributed by atoms with Gasteiger partial charge in [0.15, 0.2) is 11.5 Å². The predicted molar refractivity (Wildman–Crippen MR) is 46.7 cm³/mol. The molecule has 62 valence electrons. The molecule has 0 fully saturated rings. The molecule has 2 rings (SSSR count). The van der Waals surface area contributed by atoms with E-state index >= 15 is 0 Å². The third-order valence-electron chi connectivity index (χ3n) is 2.19. The average Bonchev–Trinajstić information content (AvgIpc) is 2.07. The Kier molecular flexibility index (Phi) is 1.54. The largest absolute Gasteiger partial charge is 0.504 e. The van der Waals surface area contributed by atoms with E-state index in [1.165, 1.54) is 0 Å². The van der Waals surface area contributed by atoms with E-state index in [1.54, 1.807) is 12.2 Å². The molecule has 2 heteroatoms. The van der Waals surface area contributed by atoms with E-state index in [9.17, 15) is 10.2 Å². The first-order valence-corrected chi connectivity index (χ1v) is 3.94. The van der Waals surface area contributed by atoms with Crippen LogP contribution in [0, 0.1) is 11.8 Å². The van der Waals surface area contributed by atoms with E-state index in [-0.39, 0.29) is 23.4 Å². The standard InChI is InChI=1S/C10H10O2/c11-9-5-7-3-1-2-4-8(7)6-10(9)12/h1-8,11-12H. The number of aliphatic hydroxyl groups is 2. The fourth-order valence-electron chi connectivity index (χ4n) is 1.51. The highest BCUT2D eigenvalue weighted by atomic mass is 16.3. The average molecular weight is 162 g/mol. The van der Waals surface area contributed by atoms with Gasteiger partial charge in [-0.25, -0.2) is 0 Å². The summed E-state index contributed by atoms with van der Waals surface area (Å²) in [6.07, 6.45) is 11.2. The SMILES string of the molecule is OC1=CC2C=CC=CC2C=C1O. The van der Waals surface area contributed by atoms with Gasteiger partial charge in [-0.1, -0.05) is 24.3 Å². The summed E-state index contributed by atoms with van der Waals surface area (Å²) in [6.45, 7) is 0. The molecule has 0 bridgehead atoms. The van der Waals surface area contributed by atoms with E-state index in [4.69, 9.17) is 0 Å². The molecule has 0 aromatic heterocycles. The van der Waals surface area contributed by atoms with Gasteiger partial charge in [0, 0.05) is 11.8 Å². The Labute approximate surface area is 70.8 Å². The normalized spacial score (nSPS) is 32.3. The van der Waals surface area contributed by atoms with Gasteiger partial charge in [0.1, 0.15) is 0 Å². The molecule has 0 heterocycles. The van der Waals surface area contributed by atoms with Crippen molar-refractivity contribution in [1.29, 1.82) is 0 Å². The number of hydrogen-bond donors (Lipinski definition) is 2. The minimum Gasteiger partial charge on any atom is -0.504 e. The summed E-state index contributed by atoms with van der Waals surface area (Å²) in [5, 5.41) is 18.4. The molecule has 2 N–H and O–H groups in total. The van der Waals surface area contributed by atoms with Crippen molar-refractivity contribution in [2.24, 2.45) is 11.8 Å². The van der Waals surface area contributed by atoms with Crippen molar-refractivity contribution in [2.75, 3.05) is 0 Å². The van der Waals surface area contributed by atoms with E-state index in [2.05, 4.69) is 0 Å². The third kappa shape index (κ3) is 1.05. The van der Waals surface area contributed by atoms with Crippen LogP contribution in [0.25, 0.3) is 0 Å². The quantitative estimate of drug-likeness (QED) is 0.573. The Morgan fingerprint density at radius 2 is 1.25 bits per heavy atom. The zero-order valence-electron chi connectivity index (χ0n) is 6.51. The van der Waals surface area contributed by atoms with Crippen LogP contribution >= 0.6 is 0 Å². The van der Waals surface area contributed by atoms with Crippen molar-refractivity contribution in [3.8, 4) is 0 Å². The maximum atomic E-state index is 9.20. The lowest BCUT2D eigenvalue weighted by Gasteiger charge is -2.22. The first-order valence-electron chi connectivity index (χ1n) is 3.94. The lowest BCUT2D eigenvalue weighted by molar-refractivity contribution is 0.310. The minimum atomic E-state index is -0.0174. The van der Waals surface area contributed by atoms with Crippen molar-refractivity contribution < 1.29 is 10.2 Å². The maximum Gasteiger partial charge on any atom is 0.153 e. The predicted octanol–water partition coefficient (Wildman–Crippen LogP) is 2.24. The highest BCUT2D eigenvalue weighted by Crippen LogP contribution is 2.29. The lowest BCUT2D eigenvalue weighted by atomic mass is 9.84. The van der Waals surface area contributed by atoms with Gasteiger partial charge in [-0.05, 0) is 12.2 Å². The summed E-state index contributed by atoms with van der Waals surface area (Å²) < 4.78 is 0. The maximum absolute atomic E-state index is 9.20. The van der Waals surface area contributed by atoms with E-state index in [0.717, 1.165) is 0 Å². The van der Waals surface area contributed by atoms with Gasteiger partial charge in [0.25, 0.3) is 0 Å². The second-order valence-corrected chi connectivity index (χ2v) is 3.03. The molecule has 0 amide bonds. The summed E-state index contributed by atoms with van der Waals surface area (Å²) in [5.74, 6) is 0.365. The van der Waals surface area contributed by atoms with Gasteiger partial charge in [-0.15, -0.1) is 0 Å². The van der Waals surface area contributed by atoms with Crippen LogP contribution in [0.3, 0.4) is 0 Å². The van der Waals surface area contributed by atoms with Gasteiger partial charge in [-0.3, -0.25) is 0 Å². The van der Waals surface area contributed by atoms with E-state index in [0.29, 0.717) is 0 Å². The molecule has 0 saturated heterocycles. The van der Waals surface area contributed by atoms with Crippen molar-refractivity contribution >= 4 is 0 Å². The first-order chi connectivity index (χ1) is 5.77.